The summed E-state index contributed by atoms with van der Waals surface area (Å²) >= 11 is 0. The summed E-state index contributed by atoms with van der Waals surface area (Å²) in [7, 11) is 0. The molecule has 1 aliphatic heterocycles. The van der Waals surface area contributed by atoms with Gasteiger partial charge < -0.3 is 14.8 Å². The normalized spacial score (nSPS) is 21.6. The number of pyridine rings is 1. The largest absolute Gasteiger partial charge is 0.548 e. The number of ketones is 1. The van der Waals surface area contributed by atoms with Gasteiger partial charge in [0.15, 0.2) is 0 Å². The average molecular weight is 373 g/mol. The van der Waals surface area contributed by atoms with Gasteiger partial charge in [0.05, 0.1) is 12.0 Å². The zero-order chi connectivity index (χ0) is 20.2. The fourth-order valence-electron chi connectivity index (χ4n) is 3.94. The molecule has 148 valence electrons. The van der Waals surface area contributed by atoms with Crippen LogP contribution in [0.3, 0.4) is 0 Å². The monoisotopic (exact) mass is 373 g/mol. The lowest BCUT2D eigenvalue weighted by Crippen LogP contribution is -2.60. The zero-order valence-corrected chi connectivity index (χ0v) is 16.6. The molecule has 6 nitrogen and oxygen atoms in total. The fraction of sp³-hybridized carbons (Fsp3) is 0.619. The van der Waals surface area contributed by atoms with Crippen LogP contribution in [0.5, 0.6) is 0 Å². The Morgan fingerprint density at radius 1 is 1.33 bits per heavy atom. The molecule has 1 aliphatic rings. The van der Waals surface area contributed by atoms with Gasteiger partial charge in [-0.05, 0) is 49.1 Å². The second kappa shape index (κ2) is 8.63. The number of rotatable bonds is 7. The number of hydrogen-bond acceptors (Lipinski definition) is 5. The molecule has 27 heavy (non-hydrogen) atoms. The molecule has 1 amide bonds. The van der Waals surface area contributed by atoms with Crippen LogP contribution in [0, 0.1) is 11.3 Å². The molecule has 0 bridgehead atoms. The summed E-state index contributed by atoms with van der Waals surface area (Å²) in [5, 5.41) is 12.0. The van der Waals surface area contributed by atoms with Crippen molar-refractivity contribution in [2.24, 2.45) is 11.3 Å². The van der Waals surface area contributed by atoms with Gasteiger partial charge in [-0.3, -0.25) is 14.6 Å². The van der Waals surface area contributed by atoms with E-state index in [4.69, 9.17) is 0 Å². The van der Waals surface area contributed by atoms with E-state index in [2.05, 4.69) is 4.98 Å². The lowest BCUT2D eigenvalue weighted by Gasteiger charge is -2.45. The smallest absolute Gasteiger partial charge is 0.291 e. The Morgan fingerprint density at radius 2 is 2.04 bits per heavy atom. The Balaban J connectivity index is 2.36. The molecule has 0 radical (unpaired) electrons. The summed E-state index contributed by atoms with van der Waals surface area (Å²) in [5.74, 6) is -2.91. The molecule has 0 spiro atoms. The Morgan fingerprint density at radius 3 is 2.56 bits per heavy atom. The second-order valence-corrected chi connectivity index (χ2v) is 7.94. The van der Waals surface area contributed by atoms with Crippen molar-refractivity contribution in [2.75, 3.05) is 6.54 Å². The van der Waals surface area contributed by atoms with Crippen LogP contribution in [0.2, 0.25) is 0 Å². The van der Waals surface area contributed by atoms with Gasteiger partial charge in [-0.25, -0.2) is 0 Å². The highest BCUT2D eigenvalue weighted by Gasteiger charge is 2.43. The predicted molar refractivity (Wildman–Crippen MR) is 99.6 cm³/mol. The number of carbonyl (C=O) groups excluding carboxylic acids is 3. The van der Waals surface area contributed by atoms with Crippen molar-refractivity contribution in [1.82, 2.24) is 9.88 Å². The first-order chi connectivity index (χ1) is 12.7. The molecular weight excluding hydrogens is 344 g/mol. The minimum absolute atomic E-state index is 0.0634. The number of amides is 1. The van der Waals surface area contributed by atoms with E-state index in [0.29, 0.717) is 19.3 Å². The highest BCUT2D eigenvalue weighted by molar-refractivity contribution is 6.38. The summed E-state index contributed by atoms with van der Waals surface area (Å²) < 4.78 is 0. The van der Waals surface area contributed by atoms with Gasteiger partial charge in [0, 0.05) is 24.4 Å². The van der Waals surface area contributed by atoms with Crippen molar-refractivity contribution in [3.05, 3.63) is 30.1 Å². The van der Waals surface area contributed by atoms with Crippen molar-refractivity contribution in [2.45, 2.75) is 65.3 Å². The molecule has 0 aliphatic carbocycles. The Kier molecular flexibility index (Phi) is 6.73. The van der Waals surface area contributed by atoms with Crippen molar-refractivity contribution < 1.29 is 19.5 Å². The van der Waals surface area contributed by atoms with E-state index in [1.54, 1.807) is 26.2 Å². The maximum Gasteiger partial charge on any atom is 0.291 e. The highest BCUT2D eigenvalue weighted by atomic mass is 16.4. The van der Waals surface area contributed by atoms with Crippen LogP contribution in [0.15, 0.2) is 24.5 Å². The van der Waals surface area contributed by atoms with E-state index in [0.717, 1.165) is 12.0 Å². The van der Waals surface area contributed by atoms with Crippen molar-refractivity contribution in [3.63, 3.8) is 0 Å². The van der Waals surface area contributed by atoms with Crippen LogP contribution >= 0.6 is 0 Å². The van der Waals surface area contributed by atoms with Crippen molar-refractivity contribution in [3.8, 4) is 0 Å². The number of carbonyl (C=O) groups is 3. The van der Waals surface area contributed by atoms with E-state index in [-0.39, 0.29) is 18.4 Å². The number of carboxylic acid groups (broad SMARTS) is 1. The van der Waals surface area contributed by atoms with Gasteiger partial charge in [-0.2, -0.15) is 0 Å². The van der Waals surface area contributed by atoms with E-state index in [1.165, 1.54) is 4.90 Å². The lowest BCUT2D eigenvalue weighted by atomic mass is 9.74. The van der Waals surface area contributed by atoms with E-state index in [1.807, 2.05) is 26.0 Å². The fourth-order valence-corrected chi connectivity index (χ4v) is 3.94. The van der Waals surface area contributed by atoms with Gasteiger partial charge in [0.1, 0.15) is 0 Å². The maximum absolute atomic E-state index is 12.9. The third-order valence-corrected chi connectivity index (χ3v) is 5.94. The molecule has 0 N–H and O–H groups in total. The van der Waals surface area contributed by atoms with Crippen LogP contribution < -0.4 is 5.11 Å². The Bertz CT molecular complexity index is 687. The molecule has 1 fully saturated rings. The Hall–Kier alpha value is -2.24. The van der Waals surface area contributed by atoms with Crippen molar-refractivity contribution in [1.29, 1.82) is 0 Å². The summed E-state index contributed by atoms with van der Waals surface area (Å²) in [5.41, 5.74) is 0.138. The minimum atomic E-state index is -1.29. The van der Waals surface area contributed by atoms with Crippen LogP contribution in [-0.4, -0.2) is 40.1 Å². The summed E-state index contributed by atoms with van der Waals surface area (Å²) in [6.07, 6.45) is 5.98. The number of piperidine rings is 1. The molecule has 0 aromatic carbocycles. The van der Waals surface area contributed by atoms with E-state index in [9.17, 15) is 19.5 Å². The highest BCUT2D eigenvalue weighted by Crippen LogP contribution is 2.38. The molecule has 1 saturated heterocycles. The molecule has 0 saturated carbocycles. The lowest BCUT2D eigenvalue weighted by molar-refractivity contribution is -0.314. The number of Topliss-reactive ketones (excluding diaryl/α,β-unsaturated/α-hetero) is 1. The Labute approximate surface area is 161 Å². The summed E-state index contributed by atoms with van der Waals surface area (Å²) in [6.45, 7) is 7.54. The topological polar surface area (TPSA) is 90.4 Å². The SMILES string of the molecule is CCC(c1cccnc1)C1CCCN(C(=O)C(=O)C(C)(C)CC)C1C(=O)[O-]. The van der Waals surface area contributed by atoms with E-state index >= 15 is 0 Å². The first-order valence-electron chi connectivity index (χ1n) is 9.70. The number of aromatic nitrogens is 1. The molecular formula is C21H29N2O4-. The van der Waals surface area contributed by atoms with Crippen molar-refractivity contribution >= 4 is 17.7 Å². The molecule has 2 heterocycles. The van der Waals surface area contributed by atoms with Crippen LogP contribution in [0.4, 0.5) is 0 Å². The number of carboxylic acids is 1. The van der Waals surface area contributed by atoms with E-state index < -0.39 is 29.1 Å². The third-order valence-electron chi connectivity index (χ3n) is 5.94. The van der Waals surface area contributed by atoms with Gasteiger partial charge in [-0.1, -0.05) is 33.8 Å². The molecule has 6 heteroatoms. The quantitative estimate of drug-likeness (QED) is 0.681. The molecule has 2 rings (SSSR count). The third kappa shape index (κ3) is 4.37. The van der Waals surface area contributed by atoms with Gasteiger partial charge >= 0.3 is 0 Å². The molecule has 1 aromatic rings. The molecule has 3 unspecified atom stereocenters. The van der Waals surface area contributed by atoms with Crippen LogP contribution in [0.25, 0.3) is 0 Å². The maximum atomic E-state index is 12.9. The van der Waals surface area contributed by atoms with Crippen LogP contribution in [0.1, 0.15) is 64.9 Å². The van der Waals surface area contributed by atoms with Gasteiger partial charge in [0.2, 0.25) is 5.78 Å². The summed E-state index contributed by atoms with van der Waals surface area (Å²) in [4.78, 5) is 43.0. The number of nitrogens with zero attached hydrogens (tertiary/aromatic N) is 2. The standard InChI is InChI=1S/C21H30N2O4/c1-5-15(14-9-7-11-22-13-14)16-10-8-12-23(17(16)20(26)27)19(25)18(24)21(3,4)6-2/h7,9,11,13,15-17H,5-6,8,10,12H2,1-4H3,(H,26,27)/p-1. The zero-order valence-electron chi connectivity index (χ0n) is 16.6. The minimum Gasteiger partial charge on any atom is -0.548 e. The van der Waals surface area contributed by atoms with Gasteiger partial charge in [0.25, 0.3) is 5.91 Å². The summed E-state index contributed by atoms with van der Waals surface area (Å²) in [6, 6.07) is 2.65. The number of hydrogen-bond donors (Lipinski definition) is 0. The van der Waals surface area contributed by atoms with Crippen LogP contribution in [-0.2, 0) is 14.4 Å². The first kappa shape index (κ1) is 21.1. The molecule has 1 aromatic heterocycles. The average Bonchev–Trinajstić information content (AvgIpc) is 2.67. The first-order valence-corrected chi connectivity index (χ1v) is 9.70. The number of likely N-dealkylation sites (tertiary alicyclic amines) is 1. The molecule has 3 atom stereocenters. The predicted octanol–water partition coefficient (Wildman–Crippen LogP) is 1.94. The number of aliphatic carboxylic acids is 1. The van der Waals surface area contributed by atoms with Gasteiger partial charge in [-0.15, -0.1) is 0 Å². The second-order valence-electron chi connectivity index (χ2n) is 7.94.